The molecule has 2 aromatic rings. The number of benzene rings is 2. The van der Waals surface area contributed by atoms with E-state index in [0.29, 0.717) is 22.9 Å². The number of rotatable bonds is 8. The van der Waals surface area contributed by atoms with Crippen molar-refractivity contribution in [1.82, 2.24) is 0 Å². The minimum absolute atomic E-state index is 0.0606. The van der Waals surface area contributed by atoms with Crippen LogP contribution in [0.15, 0.2) is 36.4 Å². The van der Waals surface area contributed by atoms with E-state index in [1.165, 1.54) is 14.2 Å². The Morgan fingerprint density at radius 2 is 1.75 bits per heavy atom. The highest BCUT2D eigenvalue weighted by atomic mass is 16.5. The monoisotopic (exact) mass is 386 g/mol. The molecule has 0 saturated heterocycles. The number of amides is 2. The fraction of sp³-hybridized carbons (Fsp3) is 0.333. The second-order valence-electron chi connectivity index (χ2n) is 6.41. The van der Waals surface area contributed by atoms with Gasteiger partial charge in [0.2, 0.25) is 5.91 Å². The van der Waals surface area contributed by atoms with Crippen LogP contribution < -0.4 is 20.1 Å². The Hall–Kier alpha value is -3.06. The summed E-state index contributed by atoms with van der Waals surface area (Å²) in [5.41, 5.74) is 3.04. The maximum Gasteiger partial charge on any atom is 0.265 e. The lowest BCUT2D eigenvalue weighted by Crippen LogP contribution is -2.30. The minimum Gasteiger partial charge on any atom is -0.494 e. The van der Waals surface area contributed by atoms with E-state index in [1.807, 2.05) is 32.0 Å². The van der Waals surface area contributed by atoms with E-state index in [4.69, 9.17) is 14.2 Å². The normalized spacial score (nSPS) is 11.5. The van der Waals surface area contributed by atoms with Crippen LogP contribution in [0.2, 0.25) is 0 Å². The summed E-state index contributed by atoms with van der Waals surface area (Å²) in [5, 5.41) is 5.48. The Morgan fingerprint density at radius 3 is 2.43 bits per heavy atom. The highest BCUT2D eigenvalue weighted by Crippen LogP contribution is 2.28. The first-order chi connectivity index (χ1) is 13.3. The number of carbonyl (C=O) groups excluding carboxylic acids is 2. The van der Waals surface area contributed by atoms with Gasteiger partial charge in [-0.3, -0.25) is 9.59 Å². The molecule has 1 atom stereocenters. The van der Waals surface area contributed by atoms with Gasteiger partial charge in [-0.2, -0.15) is 0 Å². The van der Waals surface area contributed by atoms with Crippen molar-refractivity contribution in [3.05, 3.63) is 47.5 Å². The molecule has 28 heavy (non-hydrogen) atoms. The lowest BCUT2D eigenvalue weighted by molar-refractivity contribution is -0.122. The van der Waals surface area contributed by atoms with Crippen molar-refractivity contribution in [2.75, 3.05) is 31.5 Å². The average Bonchev–Trinajstić information content (AvgIpc) is 2.66. The van der Waals surface area contributed by atoms with Crippen molar-refractivity contribution in [2.24, 2.45) is 0 Å². The van der Waals surface area contributed by atoms with Crippen LogP contribution in [0.1, 0.15) is 18.1 Å². The zero-order valence-electron chi connectivity index (χ0n) is 16.8. The first-order valence-electron chi connectivity index (χ1n) is 8.85. The summed E-state index contributed by atoms with van der Waals surface area (Å²) >= 11 is 0. The van der Waals surface area contributed by atoms with E-state index < -0.39 is 6.10 Å². The van der Waals surface area contributed by atoms with Crippen molar-refractivity contribution >= 4 is 23.2 Å². The molecule has 2 rings (SSSR count). The van der Waals surface area contributed by atoms with Gasteiger partial charge in [-0.15, -0.1) is 0 Å². The molecule has 7 heteroatoms. The van der Waals surface area contributed by atoms with E-state index in [1.54, 1.807) is 25.1 Å². The van der Waals surface area contributed by atoms with Crippen LogP contribution in [-0.2, 0) is 14.3 Å². The van der Waals surface area contributed by atoms with Crippen LogP contribution in [0.25, 0.3) is 0 Å². The Balaban J connectivity index is 2.06. The third kappa shape index (κ3) is 5.72. The van der Waals surface area contributed by atoms with Gasteiger partial charge in [0.1, 0.15) is 18.1 Å². The highest BCUT2D eigenvalue weighted by molar-refractivity contribution is 5.96. The molecule has 0 spiro atoms. The van der Waals surface area contributed by atoms with Crippen LogP contribution in [0.4, 0.5) is 11.4 Å². The Labute approximate surface area is 165 Å². The fourth-order valence-corrected chi connectivity index (χ4v) is 2.51. The molecule has 0 aromatic heterocycles. The molecule has 0 fully saturated rings. The lowest BCUT2D eigenvalue weighted by atomic mass is 10.1. The molecule has 0 aliphatic heterocycles. The number of hydrogen-bond acceptors (Lipinski definition) is 5. The molecule has 0 saturated carbocycles. The van der Waals surface area contributed by atoms with Gasteiger partial charge in [0.25, 0.3) is 5.91 Å². The number of nitrogens with one attached hydrogen (secondary N) is 2. The van der Waals surface area contributed by atoms with Crippen molar-refractivity contribution < 1.29 is 23.8 Å². The van der Waals surface area contributed by atoms with E-state index in [-0.39, 0.29) is 18.4 Å². The molecule has 0 radical (unpaired) electrons. The number of aryl methyl sites for hydroxylation is 2. The Kier molecular flexibility index (Phi) is 7.40. The van der Waals surface area contributed by atoms with Crippen LogP contribution in [0, 0.1) is 13.8 Å². The van der Waals surface area contributed by atoms with Gasteiger partial charge in [0.05, 0.1) is 12.8 Å². The van der Waals surface area contributed by atoms with E-state index >= 15 is 0 Å². The molecule has 2 aromatic carbocycles. The molecular weight excluding hydrogens is 360 g/mol. The van der Waals surface area contributed by atoms with Gasteiger partial charge in [0.15, 0.2) is 6.10 Å². The standard InChI is InChI=1S/C21H26N2O5/c1-13-6-7-14(2)18(10-13)28-15(3)21(25)22-16-8-9-17(19(11-16)27-5)23-20(24)12-26-4/h6-11,15H,12H2,1-5H3,(H,22,25)(H,23,24). The molecule has 0 aliphatic carbocycles. The second-order valence-corrected chi connectivity index (χ2v) is 6.41. The minimum atomic E-state index is -0.687. The summed E-state index contributed by atoms with van der Waals surface area (Å²) in [5.74, 6) is 0.508. The maximum atomic E-state index is 12.5. The number of methoxy groups -OCH3 is 2. The molecule has 2 amide bonds. The zero-order chi connectivity index (χ0) is 20.7. The third-order valence-corrected chi connectivity index (χ3v) is 4.04. The molecular formula is C21H26N2O5. The topological polar surface area (TPSA) is 85.9 Å². The quantitative estimate of drug-likeness (QED) is 0.727. The van der Waals surface area contributed by atoms with Crippen molar-refractivity contribution in [2.45, 2.75) is 26.9 Å². The summed E-state index contributed by atoms with van der Waals surface area (Å²) in [6.45, 7) is 5.53. The third-order valence-electron chi connectivity index (χ3n) is 4.04. The molecule has 0 heterocycles. The van der Waals surface area contributed by atoms with E-state index in [0.717, 1.165) is 11.1 Å². The highest BCUT2D eigenvalue weighted by Gasteiger charge is 2.17. The van der Waals surface area contributed by atoms with Crippen molar-refractivity contribution in [1.29, 1.82) is 0 Å². The van der Waals surface area contributed by atoms with Crippen molar-refractivity contribution in [3.8, 4) is 11.5 Å². The van der Waals surface area contributed by atoms with E-state index in [2.05, 4.69) is 10.6 Å². The van der Waals surface area contributed by atoms with Crippen LogP contribution in [0.3, 0.4) is 0 Å². The Morgan fingerprint density at radius 1 is 1.00 bits per heavy atom. The summed E-state index contributed by atoms with van der Waals surface area (Å²) < 4.78 is 15.9. The van der Waals surface area contributed by atoms with E-state index in [9.17, 15) is 9.59 Å². The molecule has 0 aliphatic rings. The average molecular weight is 386 g/mol. The summed E-state index contributed by atoms with van der Waals surface area (Å²) in [6, 6.07) is 10.8. The predicted octanol–water partition coefficient (Wildman–Crippen LogP) is 3.30. The summed E-state index contributed by atoms with van der Waals surface area (Å²) in [4.78, 5) is 24.2. The SMILES string of the molecule is COCC(=O)Nc1ccc(NC(=O)C(C)Oc2cc(C)ccc2C)cc1OC. The summed E-state index contributed by atoms with van der Waals surface area (Å²) in [7, 11) is 2.93. The molecule has 0 bridgehead atoms. The lowest BCUT2D eigenvalue weighted by Gasteiger charge is -2.17. The number of carbonyl (C=O) groups is 2. The van der Waals surface area contributed by atoms with Gasteiger partial charge in [-0.25, -0.2) is 0 Å². The first-order valence-corrected chi connectivity index (χ1v) is 8.85. The van der Waals surface area contributed by atoms with Gasteiger partial charge < -0.3 is 24.8 Å². The van der Waals surface area contributed by atoms with Gasteiger partial charge >= 0.3 is 0 Å². The molecule has 1 unspecified atom stereocenters. The maximum absolute atomic E-state index is 12.5. The van der Waals surface area contributed by atoms with Crippen LogP contribution >= 0.6 is 0 Å². The van der Waals surface area contributed by atoms with Gasteiger partial charge in [-0.1, -0.05) is 12.1 Å². The zero-order valence-corrected chi connectivity index (χ0v) is 16.8. The number of hydrogen-bond donors (Lipinski definition) is 2. The van der Waals surface area contributed by atoms with Gasteiger partial charge in [0, 0.05) is 18.9 Å². The van der Waals surface area contributed by atoms with Crippen LogP contribution in [-0.4, -0.2) is 38.7 Å². The second kappa shape index (κ2) is 9.75. The molecule has 2 N–H and O–H groups in total. The molecule has 150 valence electrons. The van der Waals surface area contributed by atoms with Gasteiger partial charge in [-0.05, 0) is 50.1 Å². The largest absolute Gasteiger partial charge is 0.494 e. The fourth-order valence-electron chi connectivity index (χ4n) is 2.51. The summed E-state index contributed by atoms with van der Waals surface area (Å²) in [6.07, 6.45) is -0.687. The Bertz CT molecular complexity index is 851. The van der Waals surface area contributed by atoms with Crippen molar-refractivity contribution in [3.63, 3.8) is 0 Å². The predicted molar refractivity (Wildman–Crippen MR) is 108 cm³/mol. The molecule has 7 nitrogen and oxygen atoms in total. The van der Waals surface area contributed by atoms with Crippen LogP contribution in [0.5, 0.6) is 11.5 Å². The smallest absolute Gasteiger partial charge is 0.265 e. The number of anilines is 2. The number of ether oxygens (including phenoxy) is 3. The first kappa shape index (κ1) is 21.2.